The number of nitrogens with zero attached hydrogens (tertiary/aromatic N) is 3. The summed E-state index contributed by atoms with van der Waals surface area (Å²) in [5, 5.41) is 2.16. The Morgan fingerprint density at radius 2 is 1.77 bits per heavy atom. The fraction of sp³-hybridized carbons (Fsp3) is 0.240. The number of carbonyl (C=O) groups is 1. The molecule has 0 fully saturated rings. The number of amides is 1. The van der Waals surface area contributed by atoms with Crippen LogP contribution in [-0.2, 0) is 12.8 Å². The summed E-state index contributed by atoms with van der Waals surface area (Å²) in [4.78, 5) is 22.9. The molecule has 2 aromatic carbocycles. The lowest BCUT2D eigenvalue weighted by atomic mass is 9.95. The minimum atomic E-state index is 0.0227. The Bertz CT molecular complexity index is 1280. The van der Waals surface area contributed by atoms with Gasteiger partial charge in [-0.25, -0.2) is 4.98 Å². The maximum atomic E-state index is 12.2. The summed E-state index contributed by atoms with van der Waals surface area (Å²) in [6.45, 7) is 4.12. The summed E-state index contributed by atoms with van der Waals surface area (Å²) in [7, 11) is 3.54. The van der Waals surface area contributed by atoms with Gasteiger partial charge in [-0.1, -0.05) is 18.2 Å². The maximum Gasteiger partial charge on any atom is 0.253 e. The van der Waals surface area contributed by atoms with Crippen molar-refractivity contribution in [1.82, 2.24) is 14.9 Å². The smallest absolute Gasteiger partial charge is 0.253 e. The highest BCUT2D eigenvalue weighted by molar-refractivity contribution is 6.09. The van der Waals surface area contributed by atoms with Crippen LogP contribution in [0.5, 0.6) is 0 Å². The van der Waals surface area contributed by atoms with Crippen LogP contribution < -0.4 is 5.73 Å². The lowest BCUT2D eigenvalue weighted by molar-refractivity contribution is 0.0827. The van der Waals surface area contributed by atoms with E-state index in [1.54, 1.807) is 25.2 Å². The number of rotatable bonds is 4. The second kappa shape index (κ2) is 7.75. The van der Waals surface area contributed by atoms with Gasteiger partial charge in [-0.15, -0.1) is 0 Å². The molecule has 0 bridgehead atoms. The number of carbonyl (C=O) groups excluding carboxylic acids is 1. The zero-order chi connectivity index (χ0) is 21.4. The Labute approximate surface area is 176 Å². The fourth-order valence-electron chi connectivity index (χ4n) is 3.97. The summed E-state index contributed by atoms with van der Waals surface area (Å²) in [6.07, 6.45) is 3.53. The molecule has 5 heteroatoms. The Balaban J connectivity index is 1.71. The van der Waals surface area contributed by atoms with Crippen molar-refractivity contribution in [3.05, 3.63) is 76.5 Å². The molecule has 4 aromatic rings. The van der Waals surface area contributed by atoms with Crippen LogP contribution in [0.2, 0.25) is 0 Å². The van der Waals surface area contributed by atoms with Crippen LogP contribution >= 0.6 is 0 Å². The van der Waals surface area contributed by atoms with Crippen molar-refractivity contribution in [1.29, 1.82) is 0 Å². The van der Waals surface area contributed by atoms with Crippen molar-refractivity contribution in [3.8, 4) is 0 Å². The molecule has 152 valence electrons. The Hall–Kier alpha value is -3.47. The summed E-state index contributed by atoms with van der Waals surface area (Å²) >= 11 is 0. The fourth-order valence-corrected chi connectivity index (χ4v) is 3.97. The first kappa shape index (κ1) is 19.8. The van der Waals surface area contributed by atoms with E-state index in [1.807, 2.05) is 12.1 Å². The normalized spacial score (nSPS) is 11.2. The highest BCUT2D eigenvalue weighted by atomic mass is 16.2. The standard InChI is InChI=1S/C25H26N4O/c1-15-5-10-20-21(13-15)28-24(26)23-22(20)18(11-12-27-23)8-6-17-7-9-19(14-16(17)2)25(30)29(3)4/h5,7,9-14H,6,8H2,1-4H3,(H2,26,28). The first-order chi connectivity index (χ1) is 14.3. The third-order valence-electron chi connectivity index (χ3n) is 5.60. The molecule has 0 spiro atoms. The Kier molecular flexibility index (Phi) is 5.12. The van der Waals surface area contributed by atoms with E-state index in [4.69, 9.17) is 5.73 Å². The van der Waals surface area contributed by atoms with Crippen molar-refractivity contribution in [2.45, 2.75) is 26.7 Å². The molecule has 1 amide bonds. The molecule has 0 atom stereocenters. The van der Waals surface area contributed by atoms with Gasteiger partial charge >= 0.3 is 0 Å². The predicted octanol–water partition coefficient (Wildman–Crippen LogP) is 4.47. The van der Waals surface area contributed by atoms with E-state index in [2.05, 4.69) is 54.1 Å². The van der Waals surface area contributed by atoms with E-state index < -0.39 is 0 Å². The van der Waals surface area contributed by atoms with Crippen LogP contribution in [0.15, 0.2) is 48.7 Å². The van der Waals surface area contributed by atoms with Gasteiger partial charge in [0.15, 0.2) is 5.82 Å². The summed E-state index contributed by atoms with van der Waals surface area (Å²) in [6, 6.07) is 14.3. The van der Waals surface area contributed by atoms with Gasteiger partial charge in [-0.3, -0.25) is 9.78 Å². The molecule has 0 saturated heterocycles. The molecule has 0 aliphatic heterocycles. The van der Waals surface area contributed by atoms with Gasteiger partial charge < -0.3 is 10.6 Å². The second-order valence-corrected chi connectivity index (χ2v) is 8.05. The Morgan fingerprint density at radius 1 is 1.00 bits per heavy atom. The molecule has 30 heavy (non-hydrogen) atoms. The number of nitrogen functional groups attached to an aromatic ring is 1. The number of nitrogens with two attached hydrogens (primary N) is 1. The van der Waals surface area contributed by atoms with Gasteiger partial charge in [-0.2, -0.15) is 0 Å². The average Bonchev–Trinajstić information content (AvgIpc) is 2.72. The van der Waals surface area contributed by atoms with E-state index in [9.17, 15) is 4.79 Å². The first-order valence-corrected chi connectivity index (χ1v) is 10.1. The van der Waals surface area contributed by atoms with Crippen LogP contribution in [0.1, 0.15) is 32.6 Å². The SMILES string of the molecule is Cc1ccc2c(c1)nc(N)c1nccc(CCc3ccc(C(=O)N(C)C)cc3C)c12. The number of hydrogen-bond acceptors (Lipinski definition) is 4. The molecule has 0 radical (unpaired) electrons. The zero-order valence-electron chi connectivity index (χ0n) is 17.9. The monoisotopic (exact) mass is 398 g/mol. The topological polar surface area (TPSA) is 72.1 Å². The number of hydrogen-bond donors (Lipinski definition) is 1. The van der Waals surface area contributed by atoms with Gasteiger partial charge in [0.05, 0.1) is 5.52 Å². The van der Waals surface area contributed by atoms with Crippen molar-refractivity contribution >= 4 is 33.5 Å². The third kappa shape index (κ3) is 3.59. The van der Waals surface area contributed by atoms with E-state index in [0.29, 0.717) is 5.82 Å². The summed E-state index contributed by atoms with van der Waals surface area (Å²) < 4.78 is 0. The second-order valence-electron chi connectivity index (χ2n) is 8.05. The number of benzene rings is 2. The van der Waals surface area contributed by atoms with Crippen LogP contribution in [0.3, 0.4) is 0 Å². The van der Waals surface area contributed by atoms with Crippen molar-refractivity contribution in [3.63, 3.8) is 0 Å². The average molecular weight is 399 g/mol. The number of fused-ring (bicyclic) bond motifs is 3. The molecule has 0 aliphatic carbocycles. The lowest BCUT2D eigenvalue weighted by Crippen LogP contribution is -2.21. The molecule has 5 nitrogen and oxygen atoms in total. The van der Waals surface area contributed by atoms with Crippen LogP contribution in [0.4, 0.5) is 5.82 Å². The molecule has 2 heterocycles. The van der Waals surface area contributed by atoms with Crippen LogP contribution in [0.25, 0.3) is 21.8 Å². The van der Waals surface area contributed by atoms with Gasteiger partial charge in [0.1, 0.15) is 5.52 Å². The number of pyridine rings is 2. The quantitative estimate of drug-likeness (QED) is 0.515. The predicted molar refractivity (Wildman–Crippen MR) is 123 cm³/mol. The zero-order valence-corrected chi connectivity index (χ0v) is 17.9. The van der Waals surface area contributed by atoms with E-state index in [1.165, 1.54) is 11.1 Å². The van der Waals surface area contributed by atoms with Gasteiger partial charge in [0, 0.05) is 36.6 Å². The number of aryl methyl sites for hydroxylation is 4. The maximum absolute atomic E-state index is 12.2. The lowest BCUT2D eigenvalue weighted by Gasteiger charge is -2.14. The van der Waals surface area contributed by atoms with Crippen molar-refractivity contribution in [2.24, 2.45) is 0 Å². The molecule has 2 N–H and O–H groups in total. The highest BCUT2D eigenvalue weighted by Gasteiger charge is 2.13. The molecule has 0 aliphatic rings. The molecular formula is C25H26N4O. The molecule has 0 unspecified atom stereocenters. The summed E-state index contributed by atoms with van der Waals surface area (Å²) in [5.74, 6) is 0.488. The molecule has 2 aromatic heterocycles. The Morgan fingerprint density at radius 3 is 2.50 bits per heavy atom. The minimum Gasteiger partial charge on any atom is -0.382 e. The van der Waals surface area contributed by atoms with E-state index in [0.717, 1.165) is 51.3 Å². The van der Waals surface area contributed by atoms with Crippen LogP contribution in [0, 0.1) is 13.8 Å². The number of anilines is 1. The largest absolute Gasteiger partial charge is 0.382 e. The van der Waals surface area contributed by atoms with Gasteiger partial charge in [-0.05, 0) is 73.2 Å². The molecule has 0 saturated carbocycles. The first-order valence-electron chi connectivity index (χ1n) is 10.1. The van der Waals surface area contributed by atoms with E-state index in [-0.39, 0.29) is 5.91 Å². The minimum absolute atomic E-state index is 0.0227. The summed E-state index contributed by atoms with van der Waals surface area (Å²) in [5.41, 5.74) is 13.3. The third-order valence-corrected chi connectivity index (χ3v) is 5.60. The molecule has 4 rings (SSSR count). The van der Waals surface area contributed by atoms with Crippen molar-refractivity contribution in [2.75, 3.05) is 19.8 Å². The highest BCUT2D eigenvalue weighted by Crippen LogP contribution is 2.30. The molecular weight excluding hydrogens is 372 g/mol. The van der Waals surface area contributed by atoms with E-state index >= 15 is 0 Å². The van der Waals surface area contributed by atoms with Gasteiger partial charge in [0.25, 0.3) is 5.91 Å². The number of aromatic nitrogens is 2. The van der Waals surface area contributed by atoms with Crippen molar-refractivity contribution < 1.29 is 4.79 Å². The van der Waals surface area contributed by atoms with Gasteiger partial charge in [0.2, 0.25) is 0 Å². The van der Waals surface area contributed by atoms with Crippen LogP contribution in [-0.4, -0.2) is 34.9 Å².